The Morgan fingerprint density at radius 2 is 0.723 bits per heavy atom. The van der Waals surface area contributed by atoms with E-state index >= 15 is 0 Å². The van der Waals surface area contributed by atoms with Crippen molar-refractivity contribution < 1.29 is 40.1 Å². The van der Waals surface area contributed by atoms with Crippen molar-refractivity contribution in [2.24, 2.45) is 0 Å². The molecule has 0 N–H and O–H groups in total. The molecule has 16 aromatic carbocycles. The van der Waals surface area contributed by atoms with E-state index in [-0.39, 0.29) is 0 Å². The quantitative estimate of drug-likeness (QED) is 0.151. The van der Waals surface area contributed by atoms with E-state index in [2.05, 4.69) is 158 Å². The number of rotatable bonds is 6. The van der Waals surface area contributed by atoms with Crippen LogP contribution in [-0.4, -0.2) is 0 Å². The fourth-order valence-corrected chi connectivity index (χ4v) is 11.5. The van der Waals surface area contributed by atoms with Crippen molar-refractivity contribution in [2.75, 3.05) is 0 Å². The Labute approximate surface area is 517 Å². The van der Waals surface area contributed by atoms with Gasteiger partial charge in [0, 0.05) is 10.8 Å². The maximum absolute atomic E-state index is 9.43. The zero-order valence-corrected chi connectivity index (χ0v) is 43.4. The molecule has 0 atom stereocenters. The minimum Gasteiger partial charge on any atom is -0.456 e. The van der Waals surface area contributed by atoms with E-state index in [0.717, 1.165) is 21.9 Å². The summed E-state index contributed by atoms with van der Waals surface area (Å²) >= 11 is 0. The van der Waals surface area contributed by atoms with Crippen LogP contribution in [0.3, 0.4) is 0 Å². The largest absolute Gasteiger partial charge is 0.456 e. The normalized spacial score (nSPS) is 16.0. The first-order valence-corrected chi connectivity index (χ1v) is 26.5. The molecule has 0 bridgehead atoms. The van der Waals surface area contributed by atoms with E-state index in [4.69, 9.17) is 27.7 Å². The van der Waals surface area contributed by atoms with Gasteiger partial charge in [0.05, 0.1) is 35.6 Å². The topological polar surface area (TPSA) is 13.1 Å². The Bertz CT molecular complexity index is 6820. The van der Waals surface area contributed by atoms with Crippen LogP contribution in [0.4, 0.5) is 0 Å². The molecule has 0 aliphatic rings. The highest BCUT2D eigenvalue weighted by molar-refractivity contribution is 6.27. The van der Waals surface area contributed by atoms with E-state index < -0.39 is 234 Å². The smallest absolute Gasteiger partial charge is 0.136 e. The molecule has 386 valence electrons. The van der Waals surface area contributed by atoms with Crippen LogP contribution in [-0.2, 0) is 0 Å². The molecular weight excluding hydrogens is 1000 g/mol. The zero-order valence-electron chi connectivity index (χ0n) is 69.4. The highest BCUT2D eigenvalue weighted by Crippen LogP contribution is 2.49. The first-order chi connectivity index (χ1) is 52.0. The summed E-state index contributed by atoms with van der Waals surface area (Å²) < 4.78 is 237. The van der Waals surface area contributed by atoms with E-state index in [9.17, 15) is 12.3 Å². The lowest BCUT2D eigenvalue weighted by Crippen LogP contribution is -1.91. The number of benzene rings is 16. The standard InChI is InChI=1S/C42H26O.C40H26/c1-2-12-27(13-3-1)28-16-10-17-31(24-28)40-32-18-6-8-20-34(32)41(35-21-9-7-19-33(35)40)36-22-11-23-38-42(36)37-25-29-14-4-5-15-30(29)26-39(37)43-38;1-2-12-31-26-32(25-22-27(31)10-1)28-20-23-30(24-21-28)39-35-15-5-7-17-37(35)40(38-18-8-6-16-36(38)39)34-19-9-13-29-11-3-4-14-33(29)34/h1-26H;1-26H/i;1D,2D,3D,4D,5D,6D,7D,8D,9D,10D,11D,12D,13D,14D,15D,16D,17D,18D,19D,20D,21D,22D,23D,24D,25D,26D. The summed E-state index contributed by atoms with van der Waals surface area (Å²) in [5.41, 5.74) is 4.69. The van der Waals surface area contributed by atoms with Gasteiger partial charge in [-0.25, -0.2) is 0 Å². The molecule has 1 heterocycles. The molecule has 0 spiro atoms. The van der Waals surface area contributed by atoms with Crippen LogP contribution >= 0.6 is 0 Å². The van der Waals surface area contributed by atoms with E-state index in [0.29, 0.717) is 0 Å². The molecule has 0 radical (unpaired) electrons. The lowest BCUT2D eigenvalue weighted by molar-refractivity contribution is 0.669. The number of hydrogen-bond donors (Lipinski definition) is 0. The summed E-state index contributed by atoms with van der Waals surface area (Å²) in [7, 11) is 0. The molecule has 1 nitrogen and oxygen atoms in total. The van der Waals surface area contributed by atoms with Gasteiger partial charge < -0.3 is 4.42 Å². The minimum absolute atomic E-state index is 0.526. The van der Waals surface area contributed by atoms with E-state index in [1.165, 1.54) is 65.7 Å². The minimum atomic E-state index is -1.07. The molecule has 83 heavy (non-hydrogen) atoms. The van der Waals surface area contributed by atoms with Crippen molar-refractivity contribution in [3.05, 3.63) is 315 Å². The molecule has 0 fully saturated rings. The predicted molar refractivity (Wildman–Crippen MR) is 355 cm³/mol. The summed E-state index contributed by atoms with van der Waals surface area (Å²) in [5, 5.41) is 4.49. The second-order valence-corrected chi connectivity index (χ2v) is 19.8. The van der Waals surface area contributed by atoms with Gasteiger partial charge in [0.15, 0.2) is 0 Å². The van der Waals surface area contributed by atoms with Gasteiger partial charge in [-0.1, -0.05) is 285 Å². The van der Waals surface area contributed by atoms with Crippen molar-refractivity contribution in [1.29, 1.82) is 0 Å². The van der Waals surface area contributed by atoms with Crippen LogP contribution in [0.5, 0.6) is 0 Å². The summed E-state index contributed by atoms with van der Waals surface area (Å²) in [6.07, 6.45) is 0. The van der Waals surface area contributed by atoms with Crippen LogP contribution in [0.1, 0.15) is 35.6 Å². The molecule has 0 amide bonds. The van der Waals surface area contributed by atoms with Crippen LogP contribution in [0.15, 0.2) is 319 Å². The second-order valence-electron chi connectivity index (χ2n) is 19.8. The Hall–Kier alpha value is -10.9. The zero-order chi connectivity index (χ0) is 77.4. The van der Waals surface area contributed by atoms with Gasteiger partial charge in [0.1, 0.15) is 11.2 Å². The average molecular weight is 1080 g/mol. The Kier molecular flexibility index (Phi) is 6.89. The monoisotopic (exact) mass is 1080 g/mol. The molecule has 1 aromatic heterocycles. The predicted octanol–water partition coefficient (Wildman–Crippen LogP) is 23.3. The summed E-state index contributed by atoms with van der Waals surface area (Å²) in [6.45, 7) is 0. The molecule has 0 saturated carbocycles. The third-order valence-electron chi connectivity index (χ3n) is 15.1. The Morgan fingerprint density at radius 1 is 0.229 bits per heavy atom. The highest BCUT2D eigenvalue weighted by Gasteiger charge is 2.22. The summed E-state index contributed by atoms with van der Waals surface area (Å²) in [5.74, 6) is 0. The molecule has 0 saturated heterocycles. The Morgan fingerprint density at radius 3 is 1.42 bits per heavy atom. The van der Waals surface area contributed by atoms with Crippen molar-refractivity contribution in [3.63, 3.8) is 0 Å². The SMILES string of the molecule is [2H]c1c([2H])c(-c2c3c([2H])c([2H])c([2H])c([2H])c3c(-c3c([2H])c([2H])c([2H])c4c([2H])c([2H])c([2H])c([2H])c34)c3c([2H])c([2H])c([2H])c([2H])c23)c([2H])c([2H])c1-c1c([2H])c([2H])c2c([2H])c([2H])c([2H])c([2H])c2c1[2H].c1ccc(-c2cccc(-c3c4ccccc4c(-c4cccc5oc6cc7ccccc7cc6c45)c4ccccc34)c2)cc1. The van der Waals surface area contributed by atoms with Gasteiger partial charge >= 0.3 is 0 Å². The maximum Gasteiger partial charge on any atom is 0.136 e. The van der Waals surface area contributed by atoms with Gasteiger partial charge in [-0.15, -0.1) is 0 Å². The maximum atomic E-state index is 9.43. The lowest BCUT2D eigenvalue weighted by Gasteiger charge is -2.19. The molecule has 1 heteroatoms. The van der Waals surface area contributed by atoms with Crippen LogP contribution < -0.4 is 0 Å². The number of hydrogen-bond acceptors (Lipinski definition) is 1. The Balaban J connectivity index is 0.000000180. The van der Waals surface area contributed by atoms with Gasteiger partial charge in [-0.2, -0.15) is 0 Å². The summed E-state index contributed by atoms with van der Waals surface area (Å²) in [4.78, 5) is 0. The van der Waals surface area contributed by atoms with Crippen molar-refractivity contribution in [1.82, 2.24) is 0 Å². The fourth-order valence-electron chi connectivity index (χ4n) is 11.5. The van der Waals surface area contributed by atoms with E-state index in [1.54, 1.807) is 0 Å². The third-order valence-corrected chi connectivity index (χ3v) is 15.1. The first-order valence-electron chi connectivity index (χ1n) is 39.5. The summed E-state index contributed by atoms with van der Waals surface area (Å²) in [6, 6.07) is 32.8. The van der Waals surface area contributed by atoms with E-state index in [1.807, 2.05) is 0 Å². The van der Waals surface area contributed by atoms with Crippen LogP contribution in [0.2, 0.25) is 0 Å². The first kappa shape index (κ1) is 28.5. The van der Waals surface area contributed by atoms with Gasteiger partial charge in [0.2, 0.25) is 0 Å². The molecular formula is C82H52O. The molecule has 0 aliphatic carbocycles. The third kappa shape index (κ3) is 8.24. The highest BCUT2D eigenvalue weighted by atomic mass is 16.3. The van der Waals surface area contributed by atoms with Crippen molar-refractivity contribution in [2.45, 2.75) is 0 Å². The van der Waals surface area contributed by atoms with Gasteiger partial charge in [-0.05, 0) is 172 Å². The van der Waals surface area contributed by atoms with Crippen molar-refractivity contribution in [3.8, 4) is 66.8 Å². The lowest BCUT2D eigenvalue weighted by atomic mass is 9.84. The number of fused-ring (bicyclic) bond motifs is 10. The molecule has 17 aromatic rings. The molecule has 0 aliphatic heterocycles. The van der Waals surface area contributed by atoms with Gasteiger partial charge in [0.25, 0.3) is 0 Å². The van der Waals surface area contributed by atoms with Crippen LogP contribution in [0.25, 0.3) is 164 Å². The van der Waals surface area contributed by atoms with Crippen molar-refractivity contribution >= 4 is 97.3 Å². The fraction of sp³-hybridized carbons (Fsp3) is 0. The molecule has 17 rings (SSSR count). The second kappa shape index (κ2) is 20.0. The van der Waals surface area contributed by atoms with Gasteiger partial charge in [-0.3, -0.25) is 0 Å². The average Bonchev–Trinajstić information content (AvgIpc) is 1.45. The molecule has 0 unspecified atom stereocenters. The van der Waals surface area contributed by atoms with Crippen LogP contribution in [0, 0.1) is 0 Å². The number of furan rings is 1.